The third kappa shape index (κ3) is 3.94. The molecule has 3 aromatic rings. The van der Waals surface area contributed by atoms with Crippen LogP contribution in [0, 0.1) is 0 Å². The van der Waals surface area contributed by atoms with E-state index in [1.807, 2.05) is 6.07 Å². The molecule has 0 saturated carbocycles. The van der Waals surface area contributed by atoms with Crippen molar-refractivity contribution in [1.29, 1.82) is 0 Å². The van der Waals surface area contributed by atoms with E-state index in [0.717, 1.165) is 48.0 Å². The molecule has 1 aliphatic rings. The molecule has 160 valence electrons. The van der Waals surface area contributed by atoms with E-state index < -0.39 is 27.0 Å². The number of fused-ring (bicyclic) bond motifs is 1. The average Bonchev–Trinajstić information content (AvgIpc) is 3.12. The van der Waals surface area contributed by atoms with E-state index in [-0.39, 0.29) is 5.02 Å². The molecule has 0 amide bonds. The summed E-state index contributed by atoms with van der Waals surface area (Å²) >= 11 is 5.76. The van der Waals surface area contributed by atoms with Crippen molar-refractivity contribution in [2.24, 2.45) is 0 Å². The van der Waals surface area contributed by atoms with Crippen LogP contribution in [0.25, 0.3) is 10.9 Å². The Morgan fingerprint density at radius 1 is 1.07 bits per heavy atom. The first-order valence-corrected chi connectivity index (χ1v) is 10.9. The Kier molecular flexibility index (Phi) is 5.33. The van der Waals surface area contributed by atoms with Crippen molar-refractivity contribution in [3.63, 3.8) is 0 Å². The van der Waals surface area contributed by atoms with Gasteiger partial charge in [-0.25, -0.2) is 12.4 Å². The maximum absolute atomic E-state index is 13.3. The van der Waals surface area contributed by atoms with E-state index in [1.165, 1.54) is 12.3 Å². The Labute approximate surface area is 175 Å². The van der Waals surface area contributed by atoms with Gasteiger partial charge in [-0.2, -0.15) is 0 Å². The van der Waals surface area contributed by atoms with Crippen molar-refractivity contribution in [3.8, 4) is 5.75 Å². The molecule has 2 aromatic carbocycles. The first-order valence-electron chi connectivity index (χ1n) is 9.03. The molecular weight excluding hydrogens is 443 g/mol. The van der Waals surface area contributed by atoms with Crippen molar-refractivity contribution in [2.45, 2.75) is 11.3 Å². The monoisotopic (exact) mass is 459 g/mol. The SMILES string of the molecule is O=S(=O)(c1ccc(Cl)cc1OC(F)(F)F)n1ccc2c(N3CCNCC3)cccc21. The van der Waals surface area contributed by atoms with Gasteiger partial charge in [0.1, 0.15) is 4.90 Å². The van der Waals surface area contributed by atoms with Gasteiger partial charge in [0, 0.05) is 54.5 Å². The smallest absolute Gasteiger partial charge is 0.404 e. The summed E-state index contributed by atoms with van der Waals surface area (Å²) in [7, 11) is -4.39. The molecule has 2 heterocycles. The zero-order valence-electron chi connectivity index (χ0n) is 15.5. The predicted octanol–water partition coefficient (Wildman–Crippen LogP) is 3.84. The van der Waals surface area contributed by atoms with Crippen LogP contribution in [-0.2, 0) is 10.0 Å². The number of hydrogen-bond donors (Lipinski definition) is 1. The Bertz CT molecular complexity index is 1190. The molecule has 1 aliphatic heterocycles. The fourth-order valence-corrected chi connectivity index (χ4v) is 5.13. The molecule has 0 radical (unpaired) electrons. The first kappa shape index (κ1) is 20.8. The van der Waals surface area contributed by atoms with E-state index in [2.05, 4.69) is 15.0 Å². The summed E-state index contributed by atoms with van der Waals surface area (Å²) in [5.74, 6) is -0.880. The van der Waals surface area contributed by atoms with Gasteiger partial charge in [-0.1, -0.05) is 17.7 Å². The van der Waals surface area contributed by atoms with Crippen LogP contribution in [0.3, 0.4) is 0 Å². The minimum Gasteiger partial charge on any atom is -0.404 e. The van der Waals surface area contributed by atoms with Gasteiger partial charge >= 0.3 is 6.36 Å². The maximum Gasteiger partial charge on any atom is 0.573 e. The minimum absolute atomic E-state index is 0.0773. The molecule has 0 bridgehead atoms. The Morgan fingerprint density at radius 3 is 2.50 bits per heavy atom. The first-order chi connectivity index (χ1) is 14.2. The largest absolute Gasteiger partial charge is 0.573 e. The van der Waals surface area contributed by atoms with Gasteiger partial charge in [-0.15, -0.1) is 13.2 Å². The number of nitrogens with zero attached hydrogens (tertiary/aromatic N) is 2. The summed E-state index contributed by atoms with van der Waals surface area (Å²) in [5, 5.41) is 3.87. The normalized spacial score (nSPS) is 15.5. The second-order valence-electron chi connectivity index (χ2n) is 6.70. The highest BCUT2D eigenvalue weighted by molar-refractivity contribution is 7.90. The number of aromatic nitrogens is 1. The number of alkyl halides is 3. The fourth-order valence-electron chi connectivity index (χ4n) is 3.52. The Hall–Kier alpha value is -2.43. The lowest BCUT2D eigenvalue weighted by molar-refractivity contribution is -0.275. The molecule has 1 N–H and O–H groups in total. The Balaban J connectivity index is 1.83. The van der Waals surface area contributed by atoms with Gasteiger partial charge in [0.2, 0.25) is 0 Å². The van der Waals surface area contributed by atoms with Crippen LogP contribution in [0.1, 0.15) is 0 Å². The number of nitrogens with one attached hydrogen (secondary N) is 1. The van der Waals surface area contributed by atoms with Gasteiger partial charge in [0.05, 0.1) is 5.52 Å². The third-order valence-electron chi connectivity index (χ3n) is 4.80. The number of halogens is 4. The van der Waals surface area contributed by atoms with E-state index in [1.54, 1.807) is 18.2 Å². The topological polar surface area (TPSA) is 63.6 Å². The zero-order valence-corrected chi connectivity index (χ0v) is 17.1. The molecule has 0 atom stereocenters. The lowest BCUT2D eigenvalue weighted by Crippen LogP contribution is -2.43. The number of ether oxygens (including phenoxy) is 1. The minimum atomic E-state index is -5.07. The number of piperazine rings is 1. The molecule has 1 saturated heterocycles. The summed E-state index contributed by atoms with van der Waals surface area (Å²) in [6.45, 7) is 3.13. The third-order valence-corrected chi connectivity index (χ3v) is 6.76. The second-order valence-corrected chi connectivity index (χ2v) is 8.92. The molecule has 4 rings (SSSR count). The number of rotatable bonds is 4. The van der Waals surface area contributed by atoms with Crippen molar-refractivity contribution in [1.82, 2.24) is 9.29 Å². The number of anilines is 1. The van der Waals surface area contributed by atoms with Crippen LogP contribution >= 0.6 is 11.6 Å². The summed E-state index contributed by atoms with van der Waals surface area (Å²) in [4.78, 5) is 1.50. The number of hydrogen-bond acceptors (Lipinski definition) is 5. The fraction of sp³-hybridized carbons (Fsp3) is 0.263. The van der Waals surface area contributed by atoms with Crippen molar-refractivity contribution in [2.75, 3.05) is 31.1 Å². The summed E-state index contributed by atoms with van der Waals surface area (Å²) in [5.41, 5.74) is 1.23. The Morgan fingerprint density at radius 2 is 1.80 bits per heavy atom. The van der Waals surface area contributed by atoms with E-state index in [9.17, 15) is 21.6 Å². The van der Waals surface area contributed by atoms with Crippen LogP contribution in [0.5, 0.6) is 5.75 Å². The molecule has 0 unspecified atom stereocenters. The van der Waals surface area contributed by atoms with Crippen LogP contribution < -0.4 is 15.0 Å². The molecule has 1 aromatic heterocycles. The molecule has 6 nitrogen and oxygen atoms in total. The van der Waals surface area contributed by atoms with Crippen molar-refractivity contribution >= 4 is 38.2 Å². The molecule has 1 fully saturated rings. The molecule has 0 spiro atoms. The molecular formula is C19H17ClF3N3O3S. The molecule has 0 aliphatic carbocycles. The molecule has 11 heteroatoms. The van der Waals surface area contributed by atoms with Crippen LogP contribution in [0.15, 0.2) is 53.6 Å². The van der Waals surface area contributed by atoms with Gasteiger partial charge in [0.15, 0.2) is 5.75 Å². The number of benzene rings is 2. The van der Waals surface area contributed by atoms with Gasteiger partial charge in [-0.3, -0.25) is 0 Å². The quantitative estimate of drug-likeness (QED) is 0.642. The van der Waals surface area contributed by atoms with Crippen LogP contribution in [0.2, 0.25) is 5.02 Å². The van der Waals surface area contributed by atoms with Crippen LogP contribution in [-0.4, -0.2) is 44.9 Å². The van der Waals surface area contributed by atoms with Crippen LogP contribution in [0.4, 0.5) is 18.9 Å². The van der Waals surface area contributed by atoms with Gasteiger partial charge in [0.25, 0.3) is 10.0 Å². The standard InChI is InChI=1S/C19H17ClF3N3O3S/c20-13-4-5-18(17(12-13)29-19(21,22)23)30(27,28)26-9-6-14-15(2-1-3-16(14)26)25-10-7-24-8-11-25/h1-6,9,12,24H,7-8,10-11H2. The van der Waals surface area contributed by atoms with Gasteiger partial charge < -0.3 is 15.0 Å². The van der Waals surface area contributed by atoms with E-state index >= 15 is 0 Å². The average molecular weight is 460 g/mol. The summed E-state index contributed by atoms with van der Waals surface area (Å²) in [6, 6.07) is 9.91. The maximum atomic E-state index is 13.3. The summed E-state index contributed by atoms with van der Waals surface area (Å²) in [6.07, 6.45) is -3.74. The highest BCUT2D eigenvalue weighted by Crippen LogP contribution is 2.36. The van der Waals surface area contributed by atoms with Crippen molar-refractivity contribution < 1.29 is 26.3 Å². The van der Waals surface area contributed by atoms with E-state index in [0.29, 0.717) is 10.9 Å². The highest BCUT2D eigenvalue weighted by atomic mass is 35.5. The lowest BCUT2D eigenvalue weighted by Gasteiger charge is -2.30. The van der Waals surface area contributed by atoms with Crippen molar-refractivity contribution in [3.05, 3.63) is 53.7 Å². The lowest BCUT2D eigenvalue weighted by atomic mass is 10.2. The van der Waals surface area contributed by atoms with Gasteiger partial charge in [-0.05, 0) is 30.3 Å². The summed E-state index contributed by atoms with van der Waals surface area (Å²) < 4.78 is 69.9. The predicted molar refractivity (Wildman–Crippen MR) is 108 cm³/mol. The second kappa shape index (κ2) is 7.68. The highest BCUT2D eigenvalue weighted by Gasteiger charge is 2.35. The zero-order chi connectivity index (χ0) is 21.5. The molecule has 30 heavy (non-hydrogen) atoms. The van der Waals surface area contributed by atoms with E-state index in [4.69, 9.17) is 11.6 Å².